The first-order chi connectivity index (χ1) is 16.6. The summed E-state index contributed by atoms with van der Waals surface area (Å²) in [6.45, 7) is 2.56. The molecule has 0 spiro atoms. The van der Waals surface area contributed by atoms with Gasteiger partial charge in [0.15, 0.2) is 11.0 Å². The molecule has 2 heterocycles. The Morgan fingerprint density at radius 2 is 1.76 bits per heavy atom. The topological polar surface area (TPSA) is 60.9 Å². The highest BCUT2D eigenvalue weighted by molar-refractivity contribution is 7.98. The highest BCUT2D eigenvalue weighted by atomic mass is 32.2. The zero-order valence-corrected chi connectivity index (χ0v) is 19.4. The minimum Gasteiger partial charge on any atom is -0.423 e. The van der Waals surface area contributed by atoms with E-state index in [9.17, 15) is 9.18 Å². The summed E-state index contributed by atoms with van der Waals surface area (Å²) in [6.07, 6.45) is 0.755. The van der Waals surface area contributed by atoms with Gasteiger partial charge in [-0.05, 0) is 48.2 Å². The predicted molar refractivity (Wildman–Crippen MR) is 132 cm³/mol. The van der Waals surface area contributed by atoms with Gasteiger partial charge in [-0.25, -0.2) is 9.18 Å². The van der Waals surface area contributed by atoms with Crippen molar-refractivity contribution < 1.29 is 8.81 Å². The lowest BCUT2D eigenvalue weighted by Gasteiger charge is -2.11. The molecule has 0 N–H and O–H groups in total. The Bertz CT molecular complexity index is 1510. The lowest BCUT2D eigenvalue weighted by Crippen LogP contribution is -2.06. The summed E-state index contributed by atoms with van der Waals surface area (Å²) < 4.78 is 21.9. The summed E-state index contributed by atoms with van der Waals surface area (Å²) >= 11 is 1.47. The molecule has 7 heteroatoms. The van der Waals surface area contributed by atoms with Crippen molar-refractivity contribution in [3.05, 3.63) is 112 Å². The SMILES string of the molecule is Cc1ccc2c(CSc3nnc(-c4ccccc4F)n3CCc3ccccc3)cc(=O)oc2c1. The Hall–Kier alpha value is -3.71. The third-order valence-corrected chi connectivity index (χ3v) is 6.66. The molecule has 0 aliphatic carbocycles. The van der Waals surface area contributed by atoms with Crippen LogP contribution in [0.15, 0.2) is 93.2 Å². The number of nitrogens with zero attached hydrogens (tertiary/aromatic N) is 3. The van der Waals surface area contributed by atoms with Gasteiger partial charge in [0, 0.05) is 23.8 Å². The smallest absolute Gasteiger partial charge is 0.336 e. The molecule has 34 heavy (non-hydrogen) atoms. The number of rotatable bonds is 7. The maximum Gasteiger partial charge on any atom is 0.336 e. The van der Waals surface area contributed by atoms with E-state index in [1.807, 2.05) is 47.9 Å². The number of hydrogen-bond acceptors (Lipinski definition) is 5. The van der Waals surface area contributed by atoms with Crippen LogP contribution < -0.4 is 5.63 Å². The van der Waals surface area contributed by atoms with Crippen LogP contribution in [0.5, 0.6) is 0 Å². The molecule has 5 aromatic rings. The van der Waals surface area contributed by atoms with Crippen molar-refractivity contribution in [2.45, 2.75) is 30.8 Å². The van der Waals surface area contributed by atoms with Crippen LogP contribution >= 0.6 is 11.8 Å². The molecule has 5 rings (SSSR count). The van der Waals surface area contributed by atoms with Crippen molar-refractivity contribution in [1.29, 1.82) is 0 Å². The van der Waals surface area contributed by atoms with Crippen molar-refractivity contribution in [1.82, 2.24) is 14.8 Å². The van der Waals surface area contributed by atoms with E-state index in [0.717, 1.165) is 22.9 Å². The summed E-state index contributed by atoms with van der Waals surface area (Å²) in [5.74, 6) is 0.658. The molecule has 3 aromatic carbocycles. The zero-order chi connectivity index (χ0) is 23.5. The van der Waals surface area contributed by atoms with Crippen LogP contribution in [0.1, 0.15) is 16.7 Å². The first-order valence-electron chi connectivity index (χ1n) is 11.0. The molecular formula is C27H22FN3O2S. The number of aromatic nitrogens is 3. The first-order valence-corrected chi connectivity index (χ1v) is 12.0. The molecule has 0 unspecified atom stereocenters. The fraction of sp³-hybridized carbons (Fsp3) is 0.148. The quantitative estimate of drug-likeness (QED) is 0.214. The Morgan fingerprint density at radius 1 is 0.971 bits per heavy atom. The highest BCUT2D eigenvalue weighted by Crippen LogP contribution is 2.30. The summed E-state index contributed by atoms with van der Waals surface area (Å²) in [5, 5.41) is 10.3. The van der Waals surface area contributed by atoms with Crippen LogP contribution in [0.4, 0.5) is 4.39 Å². The van der Waals surface area contributed by atoms with Gasteiger partial charge in [-0.2, -0.15) is 0 Å². The average molecular weight is 472 g/mol. The zero-order valence-electron chi connectivity index (χ0n) is 18.6. The molecule has 0 amide bonds. The lowest BCUT2D eigenvalue weighted by molar-refractivity contribution is 0.559. The standard InChI is InChI=1S/C27H22FN3O2S/c1-18-11-12-21-20(16-25(32)33-24(21)15-18)17-34-27-30-29-26(22-9-5-6-10-23(22)28)31(27)14-13-19-7-3-2-4-8-19/h2-12,15-16H,13-14,17H2,1H3. The molecule has 5 nitrogen and oxygen atoms in total. The van der Waals surface area contributed by atoms with Gasteiger partial charge in [-0.1, -0.05) is 66.4 Å². The summed E-state index contributed by atoms with van der Waals surface area (Å²) in [7, 11) is 0. The van der Waals surface area contributed by atoms with E-state index in [1.54, 1.807) is 18.2 Å². The molecule has 0 saturated heterocycles. The van der Waals surface area contributed by atoms with E-state index in [4.69, 9.17) is 4.42 Å². The fourth-order valence-corrected chi connectivity index (χ4v) is 4.88. The summed E-state index contributed by atoms with van der Waals surface area (Å²) in [5.41, 5.74) is 3.66. The second kappa shape index (κ2) is 9.65. The van der Waals surface area contributed by atoms with Gasteiger partial charge in [0.25, 0.3) is 0 Å². The van der Waals surface area contributed by atoms with E-state index in [0.29, 0.717) is 34.4 Å². The third kappa shape index (κ3) is 4.65. The normalized spacial score (nSPS) is 11.2. The van der Waals surface area contributed by atoms with Crippen LogP contribution in [0.3, 0.4) is 0 Å². The first kappa shape index (κ1) is 22.1. The second-order valence-electron chi connectivity index (χ2n) is 8.05. The predicted octanol–water partition coefficient (Wildman–Crippen LogP) is 6.03. The summed E-state index contributed by atoms with van der Waals surface area (Å²) in [4.78, 5) is 12.1. The van der Waals surface area contributed by atoms with Crippen molar-refractivity contribution in [2.75, 3.05) is 0 Å². The van der Waals surface area contributed by atoms with Gasteiger partial charge >= 0.3 is 5.63 Å². The molecule has 170 valence electrons. The molecule has 0 radical (unpaired) electrons. The minimum absolute atomic E-state index is 0.338. The maximum atomic E-state index is 14.6. The van der Waals surface area contributed by atoms with Crippen LogP contribution in [-0.2, 0) is 18.7 Å². The van der Waals surface area contributed by atoms with E-state index < -0.39 is 0 Å². The minimum atomic E-state index is -0.383. The van der Waals surface area contributed by atoms with Crippen LogP contribution in [-0.4, -0.2) is 14.8 Å². The van der Waals surface area contributed by atoms with Crippen LogP contribution in [0, 0.1) is 12.7 Å². The number of hydrogen-bond donors (Lipinski definition) is 0. The molecular weight excluding hydrogens is 449 g/mol. The van der Waals surface area contributed by atoms with Gasteiger partial charge in [0.2, 0.25) is 0 Å². The van der Waals surface area contributed by atoms with Gasteiger partial charge < -0.3 is 8.98 Å². The molecule has 0 atom stereocenters. The van der Waals surface area contributed by atoms with Gasteiger partial charge in [-0.15, -0.1) is 10.2 Å². The Balaban J connectivity index is 1.48. The number of aryl methyl sites for hydroxylation is 2. The lowest BCUT2D eigenvalue weighted by atomic mass is 10.1. The molecule has 0 aliphatic heterocycles. The van der Waals surface area contributed by atoms with Gasteiger partial charge in [0.1, 0.15) is 11.4 Å². The molecule has 0 saturated carbocycles. The van der Waals surface area contributed by atoms with Gasteiger partial charge in [0.05, 0.1) is 5.56 Å². The van der Waals surface area contributed by atoms with E-state index in [2.05, 4.69) is 22.3 Å². The third-order valence-electron chi connectivity index (χ3n) is 5.64. The van der Waals surface area contributed by atoms with Crippen molar-refractivity contribution >= 4 is 22.7 Å². The summed E-state index contributed by atoms with van der Waals surface area (Å²) in [6, 6.07) is 24.1. The van der Waals surface area contributed by atoms with Crippen LogP contribution in [0.25, 0.3) is 22.4 Å². The molecule has 2 aromatic heterocycles. The Morgan fingerprint density at radius 3 is 2.59 bits per heavy atom. The average Bonchev–Trinajstić information content (AvgIpc) is 3.24. The van der Waals surface area contributed by atoms with Crippen molar-refractivity contribution in [3.63, 3.8) is 0 Å². The van der Waals surface area contributed by atoms with E-state index in [1.165, 1.54) is 29.5 Å². The number of benzene rings is 3. The molecule has 0 fully saturated rings. The Kier molecular flexibility index (Phi) is 6.27. The fourth-order valence-electron chi connectivity index (χ4n) is 3.92. The largest absolute Gasteiger partial charge is 0.423 e. The van der Waals surface area contributed by atoms with E-state index in [-0.39, 0.29) is 11.4 Å². The number of fused-ring (bicyclic) bond motifs is 1. The highest BCUT2D eigenvalue weighted by Gasteiger charge is 2.18. The van der Waals surface area contributed by atoms with Crippen molar-refractivity contribution in [3.8, 4) is 11.4 Å². The second-order valence-corrected chi connectivity index (χ2v) is 8.99. The molecule has 0 aliphatic rings. The number of halogens is 1. The molecule has 0 bridgehead atoms. The van der Waals surface area contributed by atoms with Crippen molar-refractivity contribution in [2.24, 2.45) is 0 Å². The van der Waals surface area contributed by atoms with E-state index >= 15 is 0 Å². The van der Waals surface area contributed by atoms with Gasteiger partial charge in [-0.3, -0.25) is 0 Å². The Labute approximate surface area is 200 Å². The number of thioether (sulfide) groups is 1. The maximum absolute atomic E-state index is 14.6. The van der Waals surface area contributed by atoms with Crippen LogP contribution in [0.2, 0.25) is 0 Å². The monoisotopic (exact) mass is 471 g/mol.